The number of hydrogen-bond donors (Lipinski definition) is 1. The molecule has 1 N–H and O–H groups in total. The smallest absolute Gasteiger partial charge is 0.329 e. The zero-order valence-electron chi connectivity index (χ0n) is 10.1. The molecule has 1 aliphatic carbocycles. The number of aliphatic carboxylic acids is 1. The van der Waals surface area contributed by atoms with Crippen LogP contribution < -0.4 is 0 Å². The molecule has 1 unspecified atom stereocenters. The van der Waals surface area contributed by atoms with Gasteiger partial charge in [-0.3, -0.25) is 4.90 Å². The quantitative estimate of drug-likeness (QED) is 0.744. The molecule has 0 radical (unpaired) electrons. The molecule has 1 saturated carbocycles. The van der Waals surface area contributed by atoms with Crippen LogP contribution in [0.15, 0.2) is 0 Å². The minimum absolute atomic E-state index is 0.179. The first-order valence-electron chi connectivity index (χ1n) is 6.08. The molecule has 4 heteroatoms. The molecule has 16 heavy (non-hydrogen) atoms. The third kappa shape index (κ3) is 2.95. The fourth-order valence-electron chi connectivity index (χ4n) is 2.44. The summed E-state index contributed by atoms with van der Waals surface area (Å²) in [6.45, 7) is 5.81. The van der Waals surface area contributed by atoms with Gasteiger partial charge in [0.15, 0.2) is 0 Å². The molecular weight excluding hydrogens is 206 g/mol. The summed E-state index contributed by atoms with van der Waals surface area (Å²) in [4.78, 5) is 12.8. The monoisotopic (exact) mass is 227 g/mol. The molecule has 0 aromatic rings. The van der Waals surface area contributed by atoms with E-state index in [-0.39, 0.29) is 12.2 Å². The van der Waals surface area contributed by atoms with Crippen molar-refractivity contribution in [3.05, 3.63) is 0 Å². The molecule has 0 spiro atoms. The number of carbonyl (C=O) groups is 1. The van der Waals surface area contributed by atoms with E-state index < -0.39 is 5.97 Å². The minimum atomic E-state index is -0.884. The molecule has 2 aliphatic rings. The van der Waals surface area contributed by atoms with Gasteiger partial charge in [-0.05, 0) is 26.2 Å². The predicted octanol–water partition coefficient (Wildman–Crippen LogP) is 1.35. The van der Waals surface area contributed by atoms with Crippen LogP contribution in [-0.4, -0.2) is 47.3 Å². The Morgan fingerprint density at radius 3 is 2.69 bits per heavy atom. The Morgan fingerprint density at radius 1 is 1.56 bits per heavy atom. The molecule has 92 valence electrons. The molecule has 4 nitrogen and oxygen atoms in total. The Bertz CT molecular complexity index is 269. The van der Waals surface area contributed by atoms with E-state index in [4.69, 9.17) is 9.84 Å². The van der Waals surface area contributed by atoms with Crippen LogP contribution in [0.4, 0.5) is 0 Å². The number of carboxylic acid groups (broad SMARTS) is 1. The summed E-state index contributed by atoms with van der Waals surface area (Å²) in [5.74, 6) is 0.0625. The maximum absolute atomic E-state index is 10.4. The second-order valence-corrected chi connectivity index (χ2v) is 5.57. The summed E-state index contributed by atoms with van der Waals surface area (Å²) in [5.41, 5.74) is -0.240. The Balaban J connectivity index is 1.68. The summed E-state index contributed by atoms with van der Waals surface area (Å²) in [6, 6.07) is 0.619. The van der Waals surface area contributed by atoms with Gasteiger partial charge < -0.3 is 9.84 Å². The van der Waals surface area contributed by atoms with Gasteiger partial charge in [0.2, 0.25) is 0 Å². The lowest BCUT2D eigenvalue weighted by molar-refractivity contribution is -0.169. The van der Waals surface area contributed by atoms with E-state index in [2.05, 4.69) is 11.8 Å². The van der Waals surface area contributed by atoms with E-state index in [0.717, 1.165) is 19.0 Å². The molecule has 2 fully saturated rings. The van der Waals surface area contributed by atoms with Gasteiger partial charge in [-0.25, -0.2) is 4.79 Å². The Hall–Kier alpha value is -0.610. The lowest BCUT2D eigenvalue weighted by Gasteiger charge is -2.50. The lowest BCUT2D eigenvalue weighted by Crippen LogP contribution is -2.64. The highest BCUT2D eigenvalue weighted by Crippen LogP contribution is 2.37. The van der Waals surface area contributed by atoms with Crippen molar-refractivity contribution in [3.8, 4) is 0 Å². The van der Waals surface area contributed by atoms with Gasteiger partial charge in [0.25, 0.3) is 0 Å². The van der Waals surface area contributed by atoms with Crippen molar-refractivity contribution in [1.29, 1.82) is 0 Å². The number of hydrogen-bond acceptors (Lipinski definition) is 3. The van der Waals surface area contributed by atoms with Crippen molar-refractivity contribution in [2.45, 2.75) is 44.8 Å². The average molecular weight is 227 g/mol. The molecule has 0 aromatic carbocycles. The fraction of sp³-hybridized carbons (Fsp3) is 0.917. The third-order valence-electron chi connectivity index (χ3n) is 3.61. The number of carboxylic acids is 1. The highest BCUT2D eigenvalue weighted by molar-refractivity contribution is 5.68. The molecule has 1 aliphatic heterocycles. The van der Waals surface area contributed by atoms with E-state index in [1.165, 1.54) is 19.3 Å². The van der Waals surface area contributed by atoms with Crippen molar-refractivity contribution in [1.82, 2.24) is 4.90 Å². The van der Waals surface area contributed by atoms with Crippen LogP contribution in [0.25, 0.3) is 0 Å². The summed E-state index contributed by atoms with van der Waals surface area (Å²) >= 11 is 0. The highest BCUT2D eigenvalue weighted by atomic mass is 16.5. The molecule has 0 bridgehead atoms. The van der Waals surface area contributed by atoms with E-state index in [9.17, 15) is 4.79 Å². The molecule has 2 rings (SSSR count). The first-order chi connectivity index (χ1) is 7.48. The van der Waals surface area contributed by atoms with Gasteiger partial charge in [0.1, 0.15) is 6.61 Å². The Morgan fingerprint density at radius 2 is 2.19 bits per heavy atom. The SMILES string of the molecule is CC(CC1CC1)N1CC(C)(OCC(=O)O)C1. The van der Waals surface area contributed by atoms with Crippen LogP contribution in [0.5, 0.6) is 0 Å². The van der Waals surface area contributed by atoms with Crippen LogP contribution in [0.3, 0.4) is 0 Å². The van der Waals surface area contributed by atoms with E-state index in [1.54, 1.807) is 0 Å². The van der Waals surface area contributed by atoms with Crippen molar-refractivity contribution >= 4 is 5.97 Å². The van der Waals surface area contributed by atoms with Crippen LogP contribution in [0.2, 0.25) is 0 Å². The van der Waals surface area contributed by atoms with E-state index >= 15 is 0 Å². The molecule has 0 aromatic heterocycles. The molecular formula is C12H21NO3. The van der Waals surface area contributed by atoms with Crippen molar-refractivity contribution in [2.75, 3.05) is 19.7 Å². The minimum Gasteiger partial charge on any atom is -0.480 e. The first-order valence-corrected chi connectivity index (χ1v) is 6.08. The van der Waals surface area contributed by atoms with Crippen LogP contribution in [0, 0.1) is 5.92 Å². The Kier molecular flexibility index (Phi) is 3.22. The summed E-state index contributed by atoms with van der Waals surface area (Å²) in [6.07, 6.45) is 4.07. The van der Waals surface area contributed by atoms with E-state index in [0.29, 0.717) is 6.04 Å². The number of likely N-dealkylation sites (tertiary alicyclic amines) is 1. The molecule has 1 heterocycles. The lowest BCUT2D eigenvalue weighted by atomic mass is 9.93. The number of rotatable bonds is 6. The van der Waals surface area contributed by atoms with Gasteiger partial charge in [-0.1, -0.05) is 12.8 Å². The van der Waals surface area contributed by atoms with Gasteiger partial charge in [-0.15, -0.1) is 0 Å². The number of ether oxygens (including phenoxy) is 1. The molecule has 1 atom stereocenters. The van der Waals surface area contributed by atoms with Gasteiger partial charge in [-0.2, -0.15) is 0 Å². The van der Waals surface area contributed by atoms with Crippen LogP contribution in [0.1, 0.15) is 33.1 Å². The second-order valence-electron chi connectivity index (χ2n) is 5.57. The average Bonchev–Trinajstić information content (AvgIpc) is 2.94. The topological polar surface area (TPSA) is 49.8 Å². The Labute approximate surface area is 96.6 Å². The standard InChI is InChI=1S/C12H21NO3/c1-9(5-10-3-4-10)13-7-12(2,8-13)16-6-11(14)15/h9-10H,3-8H2,1-2H3,(H,14,15). The fourth-order valence-corrected chi connectivity index (χ4v) is 2.44. The second kappa shape index (κ2) is 4.34. The summed E-state index contributed by atoms with van der Waals surface area (Å²) in [5, 5.41) is 8.56. The maximum Gasteiger partial charge on any atom is 0.329 e. The highest BCUT2D eigenvalue weighted by Gasteiger charge is 2.42. The summed E-state index contributed by atoms with van der Waals surface area (Å²) < 4.78 is 5.39. The number of nitrogens with zero attached hydrogens (tertiary/aromatic N) is 1. The van der Waals surface area contributed by atoms with E-state index in [1.807, 2.05) is 6.92 Å². The first kappa shape index (κ1) is 11.9. The van der Waals surface area contributed by atoms with Crippen molar-refractivity contribution < 1.29 is 14.6 Å². The third-order valence-corrected chi connectivity index (χ3v) is 3.61. The molecule has 1 saturated heterocycles. The largest absolute Gasteiger partial charge is 0.480 e. The zero-order chi connectivity index (χ0) is 11.8. The van der Waals surface area contributed by atoms with Crippen molar-refractivity contribution in [3.63, 3.8) is 0 Å². The van der Waals surface area contributed by atoms with Crippen molar-refractivity contribution in [2.24, 2.45) is 5.92 Å². The van der Waals surface area contributed by atoms with Crippen LogP contribution >= 0.6 is 0 Å². The van der Waals surface area contributed by atoms with Gasteiger partial charge in [0, 0.05) is 19.1 Å². The molecule has 0 amide bonds. The maximum atomic E-state index is 10.4. The zero-order valence-corrected chi connectivity index (χ0v) is 10.1. The normalized spacial score (nSPS) is 26.1. The van der Waals surface area contributed by atoms with Gasteiger partial charge in [0.05, 0.1) is 5.60 Å². The van der Waals surface area contributed by atoms with Gasteiger partial charge >= 0.3 is 5.97 Å². The predicted molar refractivity (Wildman–Crippen MR) is 60.4 cm³/mol. The van der Waals surface area contributed by atoms with Crippen LogP contribution in [-0.2, 0) is 9.53 Å². The summed E-state index contributed by atoms with van der Waals surface area (Å²) in [7, 11) is 0.